The molecule has 9 heavy (non-hydrogen) atoms. The van der Waals surface area contributed by atoms with Gasteiger partial charge >= 0.3 is 0 Å². The molecule has 1 aliphatic carbocycles. The lowest BCUT2D eigenvalue weighted by atomic mass is 10.0. The quantitative estimate of drug-likeness (QED) is 0.477. The van der Waals surface area contributed by atoms with E-state index in [-0.39, 0.29) is 32.9 Å². The van der Waals surface area contributed by atoms with Gasteiger partial charge in [0.15, 0.2) is 0 Å². The third-order valence-electron chi connectivity index (χ3n) is 1.50. The van der Waals surface area contributed by atoms with E-state index in [1.165, 1.54) is 38.5 Å². The number of hydrogen-bond acceptors (Lipinski definition) is 0. The summed E-state index contributed by atoms with van der Waals surface area (Å²) in [5.41, 5.74) is 0. The van der Waals surface area contributed by atoms with Gasteiger partial charge in [0.2, 0.25) is 0 Å². The molecule has 0 N–H and O–H groups in total. The molecule has 0 spiro atoms. The summed E-state index contributed by atoms with van der Waals surface area (Å²) in [6.07, 6.45) is 9.00. The second kappa shape index (κ2) is 11.4. The first-order valence-electron chi connectivity index (χ1n) is 3.00. The topological polar surface area (TPSA) is 0 Å². The van der Waals surface area contributed by atoms with Gasteiger partial charge in [-0.05, 0) is 0 Å². The van der Waals surface area contributed by atoms with Gasteiger partial charge in [0.05, 0.1) is 0 Å². The van der Waals surface area contributed by atoms with Crippen LogP contribution in [0.3, 0.4) is 0 Å². The summed E-state index contributed by atoms with van der Waals surface area (Å²) < 4.78 is 0. The SMILES string of the molecule is C1CCCCC1.[Si].[Si].[Si]. The van der Waals surface area contributed by atoms with Crippen LogP contribution >= 0.6 is 0 Å². The zero-order valence-corrected chi connectivity index (χ0v) is 8.74. The van der Waals surface area contributed by atoms with Crippen LogP contribution in [0.15, 0.2) is 0 Å². The Balaban J connectivity index is -0.000000120. The smallest absolute Gasteiger partial charge is 0 e. The van der Waals surface area contributed by atoms with E-state index in [4.69, 9.17) is 0 Å². The Morgan fingerprint density at radius 1 is 0.333 bits per heavy atom. The van der Waals surface area contributed by atoms with Crippen LogP contribution in [0.5, 0.6) is 0 Å². The molecule has 0 aromatic heterocycles. The van der Waals surface area contributed by atoms with Crippen LogP contribution in [-0.2, 0) is 0 Å². The van der Waals surface area contributed by atoms with Gasteiger partial charge in [0.1, 0.15) is 0 Å². The molecule has 0 saturated heterocycles. The second-order valence-electron chi connectivity index (χ2n) is 2.12. The Bertz CT molecular complexity index is 23.8. The molecule has 1 aliphatic rings. The summed E-state index contributed by atoms with van der Waals surface area (Å²) in [7, 11) is 0. The number of rotatable bonds is 0. The fourth-order valence-corrected chi connectivity index (χ4v) is 1.06. The van der Waals surface area contributed by atoms with E-state index in [0.29, 0.717) is 0 Å². The number of hydrogen-bond donors (Lipinski definition) is 0. The molecule has 0 unspecified atom stereocenters. The summed E-state index contributed by atoms with van der Waals surface area (Å²) in [6, 6.07) is 0. The maximum Gasteiger partial charge on any atom is 0 e. The molecule has 0 aromatic carbocycles. The third-order valence-corrected chi connectivity index (χ3v) is 1.50. The molecule has 12 radical (unpaired) electrons. The zero-order chi connectivity index (χ0) is 4.24. The van der Waals surface area contributed by atoms with E-state index in [1.54, 1.807) is 0 Å². The lowest BCUT2D eigenvalue weighted by Crippen LogP contribution is -1.85. The van der Waals surface area contributed by atoms with Gasteiger partial charge in [-0.25, -0.2) is 0 Å². The first-order chi connectivity index (χ1) is 3.00. The molecule has 0 aliphatic heterocycles. The lowest BCUT2D eigenvalue weighted by molar-refractivity contribution is 0.504. The van der Waals surface area contributed by atoms with Crippen molar-refractivity contribution >= 4 is 32.9 Å². The van der Waals surface area contributed by atoms with E-state index in [1.807, 2.05) is 0 Å². The molecular formula is C6H12Si3. The highest BCUT2D eigenvalue weighted by Gasteiger charge is 1.95. The molecule has 0 bridgehead atoms. The zero-order valence-electron chi connectivity index (χ0n) is 5.74. The minimum atomic E-state index is 0. The Morgan fingerprint density at radius 3 is 0.556 bits per heavy atom. The van der Waals surface area contributed by atoms with Crippen molar-refractivity contribution in [3.8, 4) is 0 Å². The maximum absolute atomic E-state index is 1.50. The van der Waals surface area contributed by atoms with Crippen LogP contribution in [0, 0.1) is 0 Å². The van der Waals surface area contributed by atoms with Crippen LogP contribution in [0.2, 0.25) is 0 Å². The standard InChI is InChI=1S/C6H12.3Si/c1-2-4-6-5-3-1;;;/h1-6H2;;;. The first kappa shape index (κ1) is 16.3. The van der Waals surface area contributed by atoms with Crippen LogP contribution in [0.4, 0.5) is 0 Å². The molecule has 0 aromatic rings. The van der Waals surface area contributed by atoms with Gasteiger partial charge in [-0.2, -0.15) is 0 Å². The normalized spacial score (nSPS) is 16.0. The van der Waals surface area contributed by atoms with Gasteiger partial charge in [-0.3, -0.25) is 0 Å². The van der Waals surface area contributed by atoms with Crippen molar-refractivity contribution in [1.29, 1.82) is 0 Å². The maximum atomic E-state index is 1.50. The summed E-state index contributed by atoms with van der Waals surface area (Å²) in [5.74, 6) is 0. The van der Waals surface area contributed by atoms with Crippen molar-refractivity contribution in [3.05, 3.63) is 0 Å². The van der Waals surface area contributed by atoms with E-state index in [0.717, 1.165) is 0 Å². The van der Waals surface area contributed by atoms with Gasteiger partial charge in [-0.15, -0.1) is 0 Å². The minimum absolute atomic E-state index is 0. The fraction of sp³-hybridized carbons (Fsp3) is 1.00. The molecule has 0 atom stereocenters. The van der Waals surface area contributed by atoms with Crippen molar-refractivity contribution in [1.82, 2.24) is 0 Å². The highest BCUT2D eigenvalue weighted by molar-refractivity contribution is 5.76. The van der Waals surface area contributed by atoms with E-state index in [9.17, 15) is 0 Å². The monoisotopic (exact) mass is 168 g/mol. The van der Waals surface area contributed by atoms with Crippen molar-refractivity contribution in [2.45, 2.75) is 38.5 Å². The van der Waals surface area contributed by atoms with Crippen LogP contribution in [0.25, 0.3) is 0 Å². The molecule has 48 valence electrons. The van der Waals surface area contributed by atoms with Crippen molar-refractivity contribution < 1.29 is 0 Å². The average molecular weight is 168 g/mol. The van der Waals surface area contributed by atoms with Crippen molar-refractivity contribution in [2.75, 3.05) is 0 Å². The van der Waals surface area contributed by atoms with E-state index < -0.39 is 0 Å². The van der Waals surface area contributed by atoms with Crippen molar-refractivity contribution in [3.63, 3.8) is 0 Å². The largest absolute Gasteiger partial charge is 0.0533 e. The summed E-state index contributed by atoms with van der Waals surface area (Å²) in [6.45, 7) is 0. The molecule has 0 amide bonds. The fourth-order valence-electron chi connectivity index (χ4n) is 1.06. The predicted octanol–water partition coefficient (Wildman–Crippen LogP) is 1.20. The molecule has 1 rings (SSSR count). The van der Waals surface area contributed by atoms with Crippen LogP contribution < -0.4 is 0 Å². The molecule has 1 fully saturated rings. The molecule has 1 saturated carbocycles. The summed E-state index contributed by atoms with van der Waals surface area (Å²) in [4.78, 5) is 0. The van der Waals surface area contributed by atoms with Gasteiger partial charge in [0.25, 0.3) is 0 Å². The Kier molecular flexibility index (Phi) is 20.8. The highest BCUT2D eigenvalue weighted by Crippen LogP contribution is 2.15. The Morgan fingerprint density at radius 2 is 0.444 bits per heavy atom. The molecule has 3 heteroatoms. The third kappa shape index (κ3) is 8.65. The van der Waals surface area contributed by atoms with Gasteiger partial charge in [0, 0.05) is 32.9 Å². The Labute approximate surface area is 71.9 Å². The summed E-state index contributed by atoms with van der Waals surface area (Å²) >= 11 is 0. The Hall–Kier alpha value is 0.651. The second-order valence-corrected chi connectivity index (χ2v) is 2.12. The van der Waals surface area contributed by atoms with Crippen LogP contribution in [-0.4, -0.2) is 32.9 Å². The predicted molar refractivity (Wildman–Crippen MR) is 45.0 cm³/mol. The molecular weight excluding hydrogens is 156 g/mol. The lowest BCUT2D eigenvalue weighted by Gasteiger charge is -2.05. The van der Waals surface area contributed by atoms with Crippen LogP contribution in [0.1, 0.15) is 38.5 Å². The van der Waals surface area contributed by atoms with Crippen molar-refractivity contribution in [2.24, 2.45) is 0 Å². The summed E-state index contributed by atoms with van der Waals surface area (Å²) in [5, 5.41) is 0. The average Bonchev–Trinajstić information content (AvgIpc) is 1.72. The van der Waals surface area contributed by atoms with Gasteiger partial charge in [-0.1, -0.05) is 38.5 Å². The minimum Gasteiger partial charge on any atom is -0.0533 e. The molecule has 0 nitrogen and oxygen atoms in total. The van der Waals surface area contributed by atoms with E-state index >= 15 is 0 Å². The van der Waals surface area contributed by atoms with E-state index in [2.05, 4.69) is 0 Å². The van der Waals surface area contributed by atoms with Gasteiger partial charge < -0.3 is 0 Å². The first-order valence-corrected chi connectivity index (χ1v) is 3.00. The molecule has 0 heterocycles. The highest BCUT2D eigenvalue weighted by atomic mass is 28.1.